The number of phosphoric ester groups is 1. The molecule has 10 heteroatoms. The molecule has 0 saturated heterocycles. The summed E-state index contributed by atoms with van der Waals surface area (Å²) >= 11 is 0. The van der Waals surface area contributed by atoms with Gasteiger partial charge in [-0.15, -0.1) is 0 Å². The normalized spacial score (nSPS) is 13.4. The van der Waals surface area contributed by atoms with E-state index in [-0.39, 0.29) is 25.8 Å². The number of hydrogen-bond acceptors (Lipinski definition) is 5. The molecule has 0 aromatic heterocycles. The van der Waals surface area contributed by atoms with Crippen LogP contribution in [0, 0.1) is 0 Å². The summed E-state index contributed by atoms with van der Waals surface area (Å²) in [5, 5.41) is 3.01. The van der Waals surface area contributed by atoms with Gasteiger partial charge in [-0.3, -0.25) is 9.05 Å². The number of carbonyl (C=O) groups is 1. The van der Waals surface area contributed by atoms with E-state index in [0.717, 1.165) is 32.1 Å². The van der Waals surface area contributed by atoms with E-state index in [2.05, 4.69) is 19.2 Å². The average molecular weight is 853 g/mol. The summed E-state index contributed by atoms with van der Waals surface area (Å²) in [5.41, 5.74) is 0.706. The van der Waals surface area contributed by atoms with Crippen LogP contribution in [0.3, 0.4) is 0 Å². The first-order chi connectivity index (χ1) is 28.6. The van der Waals surface area contributed by atoms with E-state index < -0.39 is 13.9 Å². The van der Waals surface area contributed by atoms with E-state index in [9.17, 15) is 14.3 Å². The lowest BCUT2D eigenvalue weighted by Crippen LogP contribution is -2.43. The largest absolute Gasteiger partial charge is 0.472 e. The molecular weight excluding hydrogens is 758 g/mol. The lowest BCUT2D eigenvalue weighted by atomic mass is 10.0. The summed E-state index contributed by atoms with van der Waals surface area (Å²) in [4.78, 5) is 26.1. The van der Waals surface area contributed by atoms with Gasteiger partial charge < -0.3 is 24.3 Å². The molecule has 0 bridgehead atoms. The van der Waals surface area contributed by atoms with Crippen molar-refractivity contribution in [3.05, 3.63) is 30.3 Å². The van der Waals surface area contributed by atoms with Crippen molar-refractivity contribution >= 4 is 19.5 Å². The van der Waals surface area contributed by atoms with Gasteiger partial charge in [-0.05, 0) is 25.0 Å². The molecule has 0 spiro atoms. The molecule has 9 nitrogen and oxygen atoms in total. The minimum atomic E-state index is -4.39. The number of nitrogens with zero attached hydrogens (tertiary/aromatic N) is 2. The Morgan fingerprint density at radius 2 is 1.03 bits per heavy atom. The maximum absolute atomic E-state index is 13.7. The third-order valence-electron chi connectivity index (χ3n) is 11.3. The Bertz CT molecular complexity index is 1120. The second-order valence-corrected chi connectivity index (χ2v) is 19.7. The van der Waals surface area contributed by atoms with E-state index in [0.29, 0.717) is 29.9 Å². The highest BCUT2D eigenvalue weighted by Gasteiger charge is 2.30. The molecule has 59 heavy (non-hydrogen) atoms. The molecule has 346 valence electrons. The second-order valence-electron chi connectivity index (χ2n) is 18.3. The first kappa shape index (κ1) is 55.5. The van der Waals surface area contributed by atoms with Crippen molar-refractivity contribution < 1.29 is 32.5 Å². The van der Waals surface area contributed by atoms with E-state index >= 15 is 0 Å². The van der Waals surface area contributed by atoms with Crippen LogP contribution in [0.5, 0.6) is 0 Å². The number of para-hydroxylation sites is 1. The summed E-state index contributed by atoms with van der Waals surface area (Å²) < 4.78 is 31.0. The van der Waals surface area contributed by atoms with Crippen molar-refractivity contribution in [1.29, 1.82) is 0 Å². The van der Waals surface area contributed by atoms with Crippen LogP contribution in [0.1, 0.15) is 206 Å². The van der Waals surface area contributed by atoms with E-state index in [1.165, 1.54) is 161 Å². The van der Waals surface area contributed by atoms with Gasteiger partial charge in [0.15, 0.2) is 0 Å². The van der Waals surface area contributed by atoms with Crippen LogP contribution in [0.25, 0.3) is 0 Å². The quantitative estimate of drug-likeness (QED) is 0.0386. The lowest BCUT2D eigenvalue weighted by molar-refractivity contribution is -0.870. The van der Waals surface area contributed by atoms with Crippen LogP contribution in [0.15, 0.2) is 30.3 Å². The zero-order chi connectivity index (χ0) is 43.1. The number of urea groups is 1. The Morgan fingerprint density at radius 1 is 0.627 bits per heavy atom. The third kappa shape index (κ3) is 36.9. The summed E-state index contributed by atoms with van der Waals surface area (Å²) in [5.74, 6) is 0. The smallest absolute Gasteiger partial charge is 0.379 e. The number of carbonyl (C=O) groups excluding carboxylic acids is 1. The molecule has 2 amide bonds. The number of quaternary nitrogens is 1. The molecule has 2 N–H and O–H groups in total. The van der Waals surface area contributed by atoms with E-state index in [1.54, 1.807) is 4.90 Å². The standard InChI is InChI=1S/C49H94N3O6P/c1-6-8-10-12-14-16-18-20-22-23-25-27-29-31-33-38-43-56-46-48(58-59(54,55)57-44-42-52(3,4)5)45-51(49(53)50-47-39-35-34-36-40-47)41-37-32-30-28-26-24-21-19-17-15-13-11-9-7-2/h34-36,39-40,48H,6-33,37-38,41-46H2,1-5H3,(H-,50,53,54,55)/p+1. The minimum absolute atomic E-state index is 0.0846. The Labute approximate surface area is 364 Å². The zero-order valence-corrected chi connectivity index (χ0v) is 40.1. The maximum Gasteiger partial charge on any atom is 0.472 e. The van der Waals surface area contributed by atoms with Crippen molar-refractivity contribution in [3.63, 3.8) is 0 Å². The molecule has 1 rings (SSSR count). The number of ether oxygens (including phenoxy) is 1. The Balaban J connectivity index is 2.57. The van der Waals surface area contributed by atoms with Gasteiger partial charge in [-0.1, -0.05) is 212 Å². The molecule has 0 saturated carbocycles. The highest BCUT2D eigenvalue weighted by atomic mass is 31.2. The van der Waals surface area contributed by atoms with E-state index in [1.807, 2.05) is 51.5 Å². The fraction of sp³-hybridized carbons (Fsp3) is 0.857. The number of anilines is 1. The van der Waals surface area contributed by atoms with Crippen molar-refractivity contribution in [2.45, 2.75) is 213 Å². The first-order valence-corrected chi connectivity index (χ1v) is 26.2. The maximum atomic E-state index is 13.7. The lowest BCUT2D eigenvalue weighted by Gasteiger charge is -2.29. The van der Waals surface area contributed by atoms with Crippen molar-refractivity contribution in [2.75, 3.05) is 65.9 Å². The number of nitrogens with one attached hydrogen (secondary N) is 1. The summed E-state index contributed by atoms with van der Waals surface area (Å²) in [7, 11) is 1.62. The first-order valence-electron chi connectivity index (χ1n) is 24.7. The molecule has 2 unspecified atom stereocenters. The number of rotatable bonds is 43. The van der Waals surface area contributed by atoms with Crippen LogP contribution in [0.2, 0.25) is 0 Å². The Morgan fingerprint density at radius 3 is 1.46 bits per heavy atom. The number of amides is 2. The molecule has 1 aromatic rings. The molecule has 0 radical (unpaired) electrons. The van der Waals surface area contributed by atoms with Crippen molar-refractivity contribution in [1.82, 2.24) is 4.90 Å². The highest BCUT2D eigenvalue weighted by Crippen LogP contribution is 2.44. The molecule has 0 aliphatic heterocycles. The van der Waals surface area contributed by atoms with Crippen LogP contribution in [-0.4, -0.2) is 87.0 Å². The monoisotopic (exact) mass is 853 g/mol. The second kappa shape index (κ2) is 38.2. The third-order valence-corrected chi connectivity index (χ3v) is 12.3. The van der Waals surface area contributed by atoms with Crippen LogP contribution in [-0.2, 0) is 18.3 Å². The van der Waals surface area contributed by atoms with Crippen LogP contribution in [0.4, 0.5) is 10.5 Å². The van der Waals surface area contributed by atoms with Gasteiger partial charge in [-0.25, -0.2) is 9.36 Å². The molecule has 0 heterocycles. The van der Waals surface area contributed by atoms with E-state index in [4.69, 9.17) is 13.8 Å². The molecular formula is C49H95N3O6P+. The van der Waals surface area contributed by atoms with Gasteiger partial charge in [0.1, 0.15) is 19.3 Å². The summed E-state index contributed by atoms with van der Waals surface area (Å²) in [6.07, 6.45) is 37.8. The molecule has 2 atom stereocenters. The van der Waals surface area contributed by atoms with Gasteiger partial charge in [0, 0.05) is 18.8 Å². The number of likely N-dealkylation sites (N-methyl/N-ethyl adjacent to an activating group) is 1. The molecule has 0 aliphatic carbocycles. The summed E-state index contributed by atoms with van der Waals surface area (Å²) in [6, 6.07) is 9.17. The SMILES string of the molecule is CCCCCCCCCCCCCCCCCCOCC(CN(CCCCCCCCCCCCCCCC)C(=O)Nc1ccccc1)OP(=O)(O)OCC[N+](C)(C)C. The van der Waals surface area contributed by atoms with Crippen LogP contribution < -0.4 is 5.32 Å². The number of hydrogen-bond donors (Lipinski definition) is 2. The van der Waals surface area contributed by atoms with Gasteiger partial charge in [0.2, 0.25) is 0 Å². The zero-order valence-electron chi connectivity index (χ0n) is 39.3. The predicted octanol–water partition coefficient (Wildman–Crippen LogP) is 14.5. The average Bonchev–Trinajstić information content (AvgIpc) is 3.19. The number of unbranched alkanes of at least 4 members (excludes halogenated alkanes) is 28. The van der Waals surface area contributed by atoms with Crippen molar-refractivity contribution in [3.8, 4) is 0 Å². The fourth-order valence-electron chi connectivity index (χ4n) is 7.48. The van der Waals surface area contributed by atoms with Gasteiger partial charge >= 0.3 is 13.9 Å². The van der Waals surface area contributed by atoms with Gasteiger partial charge in [-0.2, -0.15) is 0 Å². The fourth-order valence-corrected chi connectivity index (χ4v) is 8.35. The van der Waals surface area contributed by atoms with Crippen molar-refractivity contribution in [2.24, 2.45) is 0 Å². The highest BCUT2D eigenvalue weighted by molar-refractivity contribution is 7.47. The number of phosphoric acid groups is 1. The molecule has 0 aliphatic rings. The predicted molar refractivity (Wildman–Crippen MR) is 251 cm³/mol. The minimum Gasteiger partial charge on any atom is -0.379 e. The molecule has 0 fully saturated rings. The summed E-state index contributed by atoms with van der Waals surface area (Å²) in [6.45, 7) is 6.49. The van der Waals surface area contributed by atoms with Gasteiger partial charge in [0.25, 0.3) is 0 Å². The Kier molecular flexibility index (Phi) is 36.0. The topological polar surface area (TPSA) is 97.3 Å². The number of benzene rings is 1. The molecule has 1 aromatic carbocycles. The van der Waals surface area contributed by atoms with Gasteiger partial charge in [0.05, 0.1) is 34.3 Å². The van der Waals surface area contributed by atoms with Crippen LogP contribution >= 0.6 is 7.82 Å². The Hall–Kier alpha value is -1.48.